The molecule has 5 nitrogen and oxygen atoms in total. The first-order valence-corrected chi connectivity index (χ1v) is 8.57. The summed E-state index contributed by atoms with van der Waals surface area (Å²) in [5.74, 6) is 0.388. The number of thiophene rings is 1. The molecule has 0 bridgehead atoms. The molecule has 0 aliphatic carbocycles. The number of aromatic nitrogens is 1. The van der Waals surface area contributed by atoms with Crippen molar-refractivity contribution in [1.82, 2.24) is 5.16 Å². The molecule has 0 fully saturated rings. The van der Waals surface area contributed by atoms with Crippen LogP contribution in [0.2, 0.25) is 10.0 Å². The van der Waals surface area contributed by atoms with Gasteiger partial charge in [0.1, 0.15) is 12.3 Å². The van der Waals surface area contributed by atoms with Gasteiger partial charge in [0, 0.05) is 11.8 Å². The normalized spacial score (nSPS) is 10.8. The predicted molar refractivity (Wildman–Crippen MR) is 94.6 cm³/mol. The first-order valence-electron chi connectivity index (χ1n) is 6.94. The Morgan fingerprint density at radius 3 is 2.88 bits per heavy atom. The number of hydrogen-bond acceptors (Lipinski definition) is 5. The van der Waals surface area contributed by atoms with E-state index in [2.05, 4.69) is 10.5 Å². The van der Waals surface area contributed by atoms with E-state index >= 15 is 0 Å². The minimum Gasteiger partial charge on any atom is -0.365 e. The van der Waals surface area contributed by atoms with Crippen molar-refractivity contribution >= 4 is 46.1 Å². The van der Waals surface area contributed by atoms with Crippen LogP contribution in [0.15, 0.2) is 46.3 Å². The van der Waals surface area contributed by atoms with Crippen molar-refractivity contribution in [2.24, 2.45) is 0 Å². The quantitative estimate of drug-likeness (QED) is 0.660. The van der Waals surface area contributed by atoms with Gasteiger partial charge in [-0.3, -0.25) is 4.79 Å². The van der Waals surface area contributed by atoms with E-state index in [1.165, 1.54) is 0 Å². The molecular weight excluding hydrogens is 371 g/mol. The fraction of sp³-hybridized carbons (Fsp3) is 0.125. The third-order valence-electron chi connectivity index (χ3n) is 3.01. The number of nitrogens with one attached hydrogen (secondary N) is 1. The maximum Gasteiger partial charge on any atom is 0.250 e. The summed E-state index contributed by atoms with van der Waals surface area (Å²) >= 11 is 13.3. The van der Waals surface area contributed by atoms with Crippen molar-refractivity contribution in [1.29, 1.82) is 0 Å². The van der Waals surface area contributed by atoms with Gasteiger partial charge in [0.05, 0.1) is 21.5 Å². The summed E-state index contributed by atoms with van der Waals surface area (Å²) in [6.45, 7) is 0.0745. The Kier molecular flexibility index (Phi) is 5.52. The zero-order chi connectivity index (χ0) is 16.9. The Balaban J connectivity index is 1.47. The van der Waals surface area contributed by atoms with Gasteiger partial charge in [0.25, 0.3) is 0 Å². The van der Waals surface area contributed by atoms with Gasteiger partial charge in [0.2, 0.25) is 5.91 Å². The number of carbonyl (C=O) groups excluding carboxylic acids is 1. The van der Waals surface area contributed by atoms with E-state index in [1.54, 1.807) is 35.6 Å². The van der Waals surface area contributed by atoms with E-state index in [-0.39, 0.29) is 19.1 Å². The lowest BCUT2D eigenvalue weighted by atomic mass is 10.3. The largest absolute Gasteiger partial charge is 0.365 e. The van der Waals surface area contributed by atoms with Crippen LogP contribution in [-0.2, 0) is 16.1 Å². The van der Waals surface area contributed by atoms with Gasteiger partial charge < -0.3 is 14.6 Å². The third kappa shape index (κ3) is 4.36. The Bertz CT molecular complexity index is 834. The van der Waals surface area contributed by atoms with Crippen molar-refractivity contribution in [3.8, 4) is 10.6 Å². The molecule has 0 saturated heterocycles. The second-order valence-electron chi connectivity index (χ2n) is 4.83. The molecule has 0 spiro atoms. The summed E-state index contributed by atoms with van der Waals surface area (Å²) < 4.78 is 10.6. The summed E-state index contributed by atoms with van der Waals surface area (Å²) in [4.78, 5) is 12.8. The summed E-state index contributed by atoms with van der Waals surface area (Å²) in [5.41, 5.74) is 1.18. The van der Waals surface area contributed by atoms with Crippen LogP contribution in [0, 0.1) is 0 Å². The number of amides is 1. The lowest BCUT2D eigenvalue weighted by Gasteiger charge is -2.06. The van der Waals surface area contributed by atoms with Crippen molar-refractivity contribution in [2.45, 2.75) is 6.61 Å². The third-order valence-corrected chi connectivity index (χ3v) is 4.63. The van der Waals surface area contributed by atoms with E-state index in [4.69, 9.17) is 32.5 Å². The average Bonchev–Trinajstić information content (AvgIpc) is 3.22. The Morgan fingerprint density at radius 2 is 2.12 bits per heavy atom. The van der Waals surface area contributed by atoms with Crippen LogP contribution in [0.25, 0.3) is 10.6 Å². The minimum atomic E-state index is -0.296. The van der Waals surface area contributed by atoms with E-state index in [0.29, 0.717) is 27.2 Å². The van der Waals surface area contributed by atoms with E-state index in [9.17, 15) is 4.79 Å². The molecule has 2 aromatic heterocycles. The Labute approximate surface area is 152 Å². The van der Waals surface area contributed by atoms with Gasteiger partial charge in [-0.05, 0) is 29.6 Å². The Morgan fingerprint density at radius 1 is 1.25 bits per heavy atom. The molecule has 0 aliphatic heterocycles. The van der Waals surface area contributed by atoms with E-state index in [0.717, 1.165) is 4.88 Å². The molecule has 124 valence electrons. The minimum absolute atomic E-state index is 0.110. The van der Waals surface area contributed by atoms with Crippen molar-refractivity contribution < 1.29 is 14.1 Å². The molecule has 8 heteroatoms. The highest BCUT2D eigenvalue weighted by Crippen LogP contribution is 2.26. The number of rotatable bonds is 6. The topological polar surface area (TPSA) is 64.4 Å². The number of anilines is 1. The number of nitrogens with zero attached hydrogens (tertiary/aromatic N) is 1. The molecule has 3 rings (SSSR count). The smallest absolute Gasteiger partial charge is 0.250 e. The number of carbonyl (C=O) groups is 1. The van der Waals surface area contributed by atoms with Gasteiger partial charge in [0.15, 0.2) is 5.76 Å². The molecule has 0 unspecified atom stereocenters. The van der Waals surface area contributed by atoms with E-state index < -0.39 is 0 Å². The van der Waals surface area contributed by atoms with Crippen LogP contribution in [0.5, 0.6) is 0 Å². The second kappa shape index (κ2) is 7.81. The van der Waals surface area contributed by atoms with Gasteiger partial charge in [-0.1, -0.05) is 34.4 Å². The fourth-order valence-corrected chi connectivity index (χ4v) is 2.91. The highest BCUT2D eigenvalue weighted by Gasteiger charge is 2.09. The maximum absolute atomic E-state index is 11.8. The summed E-state index contributed by atoms with van der Waals surface area (Å²) in [5, 5.41) is 9.35. The van der Waals surface area contributed by atoms with Crippen LogP contribution in [-0.4, -0.2) is 17.7 Å². The van der Waals surface area contributed by atoms with Crippen molar-refractivity contribution in [3.63, 3.8) is 0 Å². The molecule has 0 radical (unpaired) electrons. The second-order valence-corrected chi connectivity index (χ2v) is 6.59. The molecule has 1 amide bonds. The van der Waals surface area contributed by atoms with Gasteiger partial charge in [-0.25, -0.2) is 0 Å². The molecule has 0 saturated carbocycles. The molecule has 2 heterocycles. The number of benzene rings is 1. The van der Waals surface area contributed by atoms with Gasteiger partial charge in [-0.2, -0.15) is 0 Å². The average molecular weight is 383 g/mol. The van der Waals surface area contributed by atoms with Crippen LogP contribution in [0.3, 0.4) is 0 Å². The zero-order valence-electron chi connectivity index (χ0n) is 12.3. The first kappa shape index (κ1) is 17.0. The molecule has 0 aliphatic rings. The van der Waals surface area contributed by atoms with Crippen molar-refractivity contribution in [2.75, 3.05) is 11.9 Å². The molecule has 0 atom stereocenters. The highest BCUT2D eigenvalue weighted by atomic mass is 35.5. The summed E-state index contributed by atoms with van der Waals surface area (Å²) in [7, 11) is 0. The fourth-order valence-electron chi connectivity index (χ4n) is 1.93. The standard InChI is InChI=1S/C16H12Cl2N2O3S/c17-12-4-3-10(6-13(12)18)19-16(21)9-22-8-11-7-14(23-20-11)15-2-1-5-24-15/h1-7H,8-9H2,(H,19,21). The van der Waals surface area contributed by atoms with Crippen LogP contribution in [0.4, 0.5) is 5.69 Å². The predicted octanol–water partition coefficient (Wildman–Crippen LogP) is 4.87. The van der Waals surface area contributed by atoms with Gasteiger partial charge in [-0.15, -0.1) is 11.3 Å². The first-order chi connectivity index (χ1) is 11.6. The van der Waals surface area contributed by atoms with Crippen molar-refractivity contribution in [3.05, 3.63) is 57.5 Å². The number of ether oxygens (including phenoxy) is 1. The maximum atomic E-state index is 11.8. The highest BCUT2D eigenvalue weighted by molar-refractivity contribution is 7.13. The van der Waals surface area contributed by atoms with Crippen LogP contribution >= 0.6 is 34.5 Å². The van der Waals surface area contributed by atoms with Crippen LogP contribution < -0.4 is 5.32 Å². The summed E-state index contributed by atoms with van der Waals surface area (Å²) in [6, 6.07) is 10.5. The molecule has 1 aromatic carbocycles. The lowest BCUT2D eigenvalue weighted by molar-refractivity contribution is -0.121. The molecule has 1 N–H and O–H groups in total. The number of halogens is 2. The van der Waals surface area contributed by atoms with Crippen LogP contribution in [0.1, 0.15) is 5.69 Å². The number of hydrogen-bond donors (Lipinski definition) is 1. The zero-order valence-corrected chi connectivity index (χ0v) is 14.6. The summed E-state index contributed by atoms with van der Waals surface area (Å²) in [6.07, 6.45) is 0. The molecule has 3 aromatic rings. The lowest BCUT2D eigenvalue weighted by Crippen LogP contribution is -2.18. The Hall–Kier alpha value is -1.86. The monoisotopic (exact) mass is 382 g/mol. The molecular formula is C16H12Cl2N2O3S. The van der Waals surface area contributed by atoms with Gasteiger partial charge >= 0.3 is 0 Å². The molecule has 24 heavy (non-hydrogen) atoms. The SMILES string of the molecule is O=C(COCc1cc(-c2cccs2)on1)Nc1ccc(Cl)c(Cl)c1. The van der Waals surface area contributed by atoms with E-state index in [1.807, 2.05) is 17.5 Å².